The summed E-state index contributed by atoms with van der Waals surface area (Å²) >= 11 is 0. The number of anilines is 1. The monoisotopic (exact) mass is 531 g/mol. The van der Waals surface area contributed by atoms with Crippen LogP contribution in [-0.2, 0) is 26.2 Å². The van der Waals surface area contributed by atoms with Gasteiger partial charge in [0.15, 0.2) is 11.5 Å². The molecule has 2 amide bonds. The van der Waals surface area contributed by atoms with Gasteiger partial charge >= 0.3 is 0 Å². The number of ether oxygens (including phenoxy) is 2. The molecule has 0 unspecified atom stereocenters. The number of carbonyl (C=O) groups excluding carboxylic acids is 2. The first kappa shape index (κ1) is 28.3. The molecule has 1 atom stereocenters. The summed E-state index contributed by atoms with van der Waals surface area (Å²) < 4.78 is 37.6. The maximum Gasteiger partial charge on any atom is 0.243 e. The lowest BCUT2D eigenvalue weighted by Crippen LogP contribution is -2.50. The molecule has 2 aromatic carbocycles. The van der Waals surface area contributed by atoms with Gasteiger partial charge in [-0.15, -0.1) is 0 Å². The van der Waals surface area contributed by atoms with Gasteiger partial charge in [0.05, 0.1) is 11.9 Å². The Morgan fingerprint density at radius 1 is 1.03 bits per heavy atom. The molecule has 0 spiro atoms. The van der Waals surface area contributed by atoms with Crippen molar-refractivity contribution in [2.75, 3.05) is 30.3 Å². The first-order valence-electron chi connectivity index (χ1n) is 12.6. The fraction of sp³-hybridized carbons (Fsp3) is 0.481. The lowest BCUT2D eigenvalue weighted by atomic mass is 10.1. The molecule has 202 valence electrons. The molecule has 3 rings (SSSR count). The molecule has 0 fully saturated rings. The van der Waals surface area contributed by atoms with Gasteiger partial charge in [0.1, 0.15) is 19.3 Å². The number of nitrogens with zero attached hydrogens (tertiary/aromatic N) is 2. The highest BCUT2D eigenvalue weighted by atomic mass is 32.2. The van der Waals surface area contributed by atoms with Crippen molar-refractivity contribution in [2.45, 2.75) is 58.7 Å². The molecule has 0 aromatic heterocycles. The minimum Gasteiger partial charge on any atom is -0.486 e. The zero-order valence-corrected chi connectivity index (χ0v) is 22.8. The lowest BCUT2D eigenvalue weighted by molar-refractivity contribution is -0.141. The number of amides is 2. The van der Waals surface area contributed by atoms with Crippen LogP contribution in [0.25, 0.3) is 0 Å². The molecular weight excluding hydrogens is 494 g/mol. The van der Waals surface area contributed by atoms with E-state index in [0.717, 1.165) is 11.8 Å². The van der Waals surface area contributed by atoms with Crippen LogP contribution in [-0.4, -0.2) is 63.2 Å². The zero-order valence-electron chi connectivity index (χ0n) is 22.0. The minimum absolute atomic E-state index is 0.0513. The van der Waals surface area contributed by atoms with Crippen molar-refractivity contribution in [2.24, 2.45) is 0 Å². The second-order valence-corrected chi connectivity index (χ2v) is 11.3. The van der Waals surface area contributed by atoms with Crippen LogP contribution in [0.3, 0.4) is 0 Å². The molecule has 0 aliphatic carbocycles. The minimum atomic E-state index is -3.61. The Bertz CT molecular complexity index is 1170. The second kappa shape index (κ2) is 12.8. The Labute approximate surface area is 219 Å². The SMILES string of the molecule is CC[C@@H](C(=O)NC(C)C)N(Cc1ccccc1)C(=O)CCCN(c1ccc2c(c1)OCCO2)S(C)(=O)=O. The topological polar surface area (TPSA) is 105 Å². The average molecular weight is 532 g/mol. The summed E-state index contributed by atoms with van der Waals surface area (Å²) in [5, 5.41) is 2.91. The van der Waals surface area contributed by atoms with Crippen molar-refractivity contribution < 1.29 is 27.5 Å². The Kier molecular flexibility index (Phi) is 9.79. The third kappa shape index (κ3) is 7.85. The Morgan fingerprint density at radius 3 is 2.32 bits per heavy atom. The molecule has 0 bridgehead atoms. The van der Waals surface area contributed by atoms with Crippen LogP contribution in [0.1, 0.15) is 45.6 Å². The number of fused-ring (bicyclic) bond motifs is 1. The van der Waals surface area contributed by atoms with Crippen molar-refractivity contribution in [1.29, 1.82) is 0 Å². The van der Waals surface area contributed by atoms with Gasteiger partial charge in [-0.3, -0.25) is 13.9 Å². The Hall–Kier alpha value is -3.27. The summed E-state index contributed by atoms with van der Waals surface area (Å²) in [5.74, 6) is 0.658. The van der Waals surface area contributed by atoms with E-state index in [9.17, 15) is 18.0 Å². The molecule has 2 aromatic rings. The number of benzene rings is 2. The summed E-state index contributed by atoms with van der Waals surface area (Å²) in [6.45, 7) is 6.88. The van der Waals surface area contributed by atoms with Crippen LogP contribution in [0.15, 0.2) is 48.5 Å². The van der Waals surface area contributed by atoms with E-state index in [4.69, 9.17) is 9.47 Å². The molecular formula is C27H37N3O6S. The van der Waals surface area contributed by atoms with Crippen LogP contribution in [0, 0.1) is 0 Å². The standard InChI is InChI=1S/C27H37N3O6S/c1-5-23(27(32)28-20(2)3)29(19-21-10-7-6-8-11-21)26(31)12-9-15-30(37(4,33)34)22-13-14-24-25(18-22)36-17-16-35-24/h6-8,10-11,13-14,18,20,23H,5,9,12,15-17,19H2,1-4H3,(H,28,32)/t23-/m0/s1. The molecule has 0 saturated heterocycles. The molecule has 1 N–H and O–H groups in total. The maximum absolute atomic E-state index is 13.4. The van der Waals surface area contributed by atoms with E-state index in [1.807, 2.05) is 51.1 Å². The molecule has 9 nitrogen and oxygen atoms in total. The fourth-order valence-corrected chi connectivity index (χ4v) is 5.23. The number of carbonyl (C=O) groups is 2. The number of nitrogens with one attached hydrogen (secondary N) is 1. The van der Waals surface area contributed by atoms with Gasteiger partial charge in [0, 0.05) is 31.6 Å². The number of hydrogen-bond donors (Lipinski definition) is 1. The highest BCUT2D eigenvalue weighted by molar-refractivity contribution is 7.92. The zero-order chi connectivity index (χ0) is 27.0. The van der Waals surface area contributed by atoms with Gasteiger partial charge in [0.2, 0.25) is 21.8 Å². The van der Waals surface area contributed by atoms with E-state index in [1.54, 1.807) is 23.1 Å². The predicted octanol–water partition coefficient (Wildman–Crippen LogP) is 3.34. The van der Waals surface area contributed by atoms with E-state index in [1.165, 1.54) is 4.31 Å². The van der Waals surface area contributed by atoms with Crippen LogP contribution in [0.2, 0.25) is 0 Å². The van der Waals surface area contributed by atoms with E-state index < -0.39 is 16.1 Å². The largest absolute Gasteiger partial charge is 0.486 e. The van der Waals surface area contributed by atoms with Gasteiger partial charge < -0.3 is 19.7 Å². The van der Waals surface area contributed by atoms with Crippen LogP contribution in [0.5, 0.6) is 11.5 Å². The van der Waals surface area contributed by atoms with Crippen LogP contribution >= 0.6 is 0 Å². The van der Waals surface area contributed by atoms with Crippen molar-refractivity contribution in [1.82, 2.24) is 10.2 Å². The summed E-state index contributed by atoms with van der Waals surface area (Å²) in [6.07, 6.45) is 1.98. The van der Waals surface area contributed by atoms with E-state index in [0.29, 0.717) is 43.4 Å². The summed E-state index contributed by atoms with van der Waals surface area (Å²) in [7, 11) is -3.61. The fourth-order valence-electron chi connectivity index (χ4n) is 4.27. The van der Waals surface area contributed by atoms with E-state index >= 15 is 0 Å². The third-order valence-electron chi connectivity index (χ3n) is 5.98. The van der Waals surface area contributed by atoms with Gasteiger partial charge in [0.25, 0.3) is 0 Å². The normalized spacial score (nSPS) is 13.6. The van der Waals surface area contributed by atoms with Crippen molar-refractivity contribution in [3.63, 3.8) is 0 Å². The molecule has 1 heterocycles. The highest BCUT2D eigenvalue weighted by Gasteiger charge is 2.29. The third-order valence-corrected chi connectivity index (χ3v) is 7.17. The molecule has 1 aliphatic heterocycles. The molecule has 37 heavy (non-hydrogen) atoms. The quantitative estimate of drug-likeness (QED) is 0.451. The van der Waals surface area contributed by atoms with E-state index in [2.05, 4.69) is 5.32 Å². The second-order valence-electron chi connectivity index (χ2n) is 9.36. The van der Waals surface area contributed by atoms with Crippen molar-refractivity contribution in [3.05, 3.63) is 54.1 Å². The van der Waals surface area contributed by atoms with Crippen molar-refractivity contribution in [3.8, 4) is 11.5 Å². The maximum atomic E-state index is 13.4. The predicted molar refractivity (Wildman–Crippen MR) is 143 cm³/mol. The highest BCUT2D eigenvalue weighted by Crippen LogP contribution is 2.34. The lowest BCUT2D eigenvalue weighted by Gasteiger charge is -2.31. The van der Waals surface area contributed by atoms with Gasteiger partial charge in [-0.05, 0) is 44.4 Å². The first-order valence-corrected chi connectivity index (χ1v) is 14.5. The van der Waals surface area contributed by atoms with E-state index in [-0.39, 0.29) is 37.2 Å². The number of sulfonamides is 1. The number of hydrogen-bond acceptors (Lipinski definition) is 6. The first-order chi connectivity index (χ1) is 17.6. The molecule has 10 heteroatoms. The van der Waals surface area contributed by atoms with Gasteiger partial charge in [-0.2, -0.15) is 0 Å². The smallest absolute Gasteiger partial charge is 0.243 e. The van der Waals surface area contributed by atoms with Crippen LogP contribution in [0.4, 0.5) is 5.69 Å². The summed E-state index contributed by atoms with van der Waals surface area (Å²) in [4.78, 5) is 28.0. The summed E-state index contributed by atoms with van der Waals surface area (Å²) in [5.41, 5.74) is 1.36. The van der Waals surface area contributed by atoms with Gasteiger partial charge in [-0.1, -0.05) is 37.3 Å². The number of rotatable bonds is 12. The Morgan fingerprint density at radius 2 is 1.70 bits per heavy atom. The molecule has 0 radical (unpaired) electrons. The molecule has 1 aliphatic rings. The molecule has 0 saturated carbocycles. The van der Waals surface area contributed by atoms with Crippen molar-refractivity contribution >= 4 is 27.5 Å². The van der Waals surface area contributed by atoms with Crippen LogP contribution < -0.4 is 19.1 Å². The summed E-state index contributed by atoms with van der Waals surface area (Å²) in [6, 6.07) is 13.8. The van der Waals surface area contributed by atoms with Gasteiger partial charge in [-0.25, -0.2) is 8.42 Å². The average Bonchev–Trinajstić information content (AvgIpc) is 2.85. The Balaban J connectivity index is 1.75.